The van der Waals surface area contributed by atoms with Crippen LogP contribution in [0.4, 0.5) is 0 Å². The van der Waals surface area contributed by atoms with Crippen LogP contribution in [0.5, 0.6) is 0 Å². The van der Waals surface area contributed by atoms with Crippen LogP contribution in [0.2, 0.25) is 0 Å². The van der Waals surface area contributed by atoms with Crippen LogP contribution in [0.25, 0.3) is 0 Å². The Morgan fingerprint density at radius 2 is 1.44 bits per heavy atom. The molecule has 248 valence electrons. The molecule has 0 N–H and O–H groups in total. The third-order valence-corrected chi connectivity index (χ3v) is 12.4. The van der Waals surface area contributed by atoms with E-state index >= 15 is 4.79 Å². The zero-order chi connectivity index (χ0) is 33.8. The zero-order valence-electron chi connectivity index (χ0n) is 27.2. The largest absolute Gasteiger partial charge is 0.339 e. The van der Waals surface area contributed by atoms with E-state index in [2.05, 4.69) is 34.8 Å². The molecular formula is C35H38N8O4S. The number of carbonyl (C=O) groups excluding carboxylic acids is 2. The number of hydrogen-bond acceptors (Lipinski definition) is 9. The average molecular weight is 667 g/mol. The smallest absolute Gasteiger partial charge is 0.282 e. The second-order valence-corrected chi connectivity index (χ2v) is 15.1. The zero-order valence-corrected chi connectivity index (χ0v) is 28.0. The van der Waals surface area contributed by atoms with E-state index in [-0.39, 0.29) is 29.6 Å². The summed E-state index contributed by atoms with van der Waals surface area (Å²) in [5, 5.41) is 9.24. The van der Waals surface area contributed by atoms with Gasteiger partial charge in [-0.3, -0.25) is 29.4 Å². The highest BCUT2D eigenvalue weighted by Crippen LogP contribution is 2.56. The SMILES string of the molecule is CC(C)N1CCN(S(=O)(=O)N2C[C@@H]3C(N4C(=O)C(c5ccncc5)(c5ccncc5)N(C)C4=CC(=O)c4ccc(C#N)cc4)[C@H]3C2)CC1. The first kappa shape index (κ1) is 32.1. The fourth-order valence-electron chi connectivity index (χ4n) is 7.75. The summed E-state index contributed by atoms with van der Waals surface area (Å²) in [6, 6.07) is 15.8. The summed E-state index contributed by atoms with van der Waals surface area (Å²) in [7, 11) is -1.84. The molecule has 1 saturated carbocycles. The van der Waals surface area contributed by atoms with E-state index in [1.165, 1.54) is 6.08 Å². The third kappa shape index (κ3) is 5.11. The van der Waals surface area contributed by atoms with E-state index in [4.69, 9.17) is 0 Å². The first-order chi connectivity index (χ1) is 23.1. The molecule has 7 rings (SSSR count). The van der Waals surface area contributed by atoms with Gasteiger partial charge in [-0.25, -0.2) is 0 Å². The molecule has 2 aromatic heterocycles. The number of benzene rings is 1. The number of ketones is 1. The van der Waals surface area contributed by atoms with Crippen molar-refractivity contribution in [2.75, 3.05) is 46.3 Å². The molecule has 3 aromatic rings. The molecule has 2 atom stereocenters. The van der Waals surface area contributed by atoms with Gasteiger partial charge in [0.2, 0.25) is 0 Å². The van der Waals surface area contributed by atoms with Gasteiger partial charge in [-0.05, 0) is 73.5 Å². The van der Waals surface area contributed by atoms with E-state index in [9.17, 15) is 18.5 Å². The van der Waals surface area contributed by atoms with Crippen LogP contribution in [0.15, 0.2) is 85.2 Å². The summed E-state index contributed by atoms with van der Waals surface area (Å²) < 4.78 is 30.6. The van der Waals surface area contributed by atoms with Gasteiger partial charge in [0.05, 0.1) is 11.6 Å². The van der Waals surface area contributed by atoms with Crippen molar-refractivity contribution in [1.29, 1.82) is 5.26 Å². The number of rotatable bonds is 8. The molecule has 1 amide bonds. The van der Waals surface area contributed by atoms with Crippen LogP contribution in [0.3, 0.4) is 0 Å². The number of amides is 1. The molecule has 4 aliphatic rings. The molecule has 3 aliphatic heterocycles. The lowest BCUT2D eigenvalue weighted by molar-refractivity contribution is -0.132. The van der Waals surface area contributed by atoms with Gasteiger partial charge in [-0.15, -0.1) is 0 Å². The predicted octanol–water partition coefficient (Wildman–Crippen LogP) is 2.29. The number of likely N-dealkylation sites (N-methyl/N-ethyl adjacent to an activating group) is 1. The average Bonchev–Trinajstić information content (AvgIpc) is 3.46. The number of nitriles is 1. The molecule has 13 heteroatoms. The molecule has 48 heavy (non-hydrogen) atoms. The second kappa shape index (κ2) is 12.2. The molecule has 12 nitrogen and oxygen atoms in total. The van der Waals surface area contributed by atoms with Crippen LogP contribution < -0.4 is 0 Å². The van der Waals surface area contributed by atoms with Crippen LogP contribution in [0.1, 0.15) is 40.9 Å². The number of fused-ring (bicyclic) bond motifs is 1. The normalized spacial score (nSPS) is 25.4. The fraction of sp³-hybridized carbons (Fsp3) is 0.400. The maximum absolute atomic E-state index is 15.1. The third-order valence-electron chi connectivity index (χ3n) is 10.4. The first-order valence-corrected chi connectivity index (χ1v) is 17.6. The van der Waals surface area contributed by atoms with E-state index in [1.54, 1.807) is 86.8 Å². The Balaban J connectivity index is 1.23. The van der Waals surface area contributed by atoms with Crippen LogP contribution in [-0.4, -0.2) is 112 Å². The quantitative estimate of drug-likeness (QED) is 0.262. The molecule has 3 saturated heterocycles. The van der Waals surface area contributed by atoms with Crippen molar-refractivity contribution < 1.29 is 18.0 Å². The van der Waals surface area contributed by atoms with Gasteiger partial charge < -0.3 is 4.90 Å². The van der Waals surface area contributed by atoms with Gasteiger partial charge in [-0.2, -0.15) is 22.3 Å². The Morgan fingerprint density at radius 3 is 1.94 bits per heavy atom. The topological polar surface area (TPSA) is 134 Å². The molecule has 1 aromatic carbocycles. The summed E-state index contributed by atoms with van der Waals surface area (Å²) >= 11 is 0. The molecule has 0 bridgehead atoms. The molecule has 0 unspecified atom stereocenters. The lowest BCUT2D eigenvalue weighted by Gasteiger charge is -2.38. The number of pyridine rings is 2. The highest BCUT2D eigenvalue weighted by molar-refractivity contribution is 7.86. The molecule has 1 aliphatic carbocycles. The lowest BCUT2D eigenvalue weighted by Crippen LogP contribution is -2.54. The summed E-state index contributed by atoms with van der Waals surface area (Å²) in [5.74, 6) is -0.252. The number of nitrogens with zero attached hydrogens (tertiary/aromatic N) is 8. The lowest BCUT2D eigenvalue weighted by atomic mass is 9.82. The standard InChI is InChI=1S/C35H38N8O4S/c1-24(2)40-16-18-41(19-17-40)48(46,47)42-22-29-30(23-42)33(29)43-32(20-31(44)26-6-4-25(21-36)5-7-26)39(3)35(34(43)45,27-8-12-37-13-9-27)28-10-14-38-15-11-28/h4-15,20,24,29-30,33H,16-19,22-23H2,1-3H3/t29-,30-/m0/s1. The molecule has 4 fully saturated rings. The van der Waals surface area contributed by atoms with Gasteiger partial charge in [0.1, 0.15) is 5.82 Å². The monoisotopic (exact) mass is 666 g/mol. The van der Waals surface area contributed by atoms with E-state index < -0.39 is 15.7 Å². The Morgan fingerprint density at radius 1 is 0.896 bits per heavy atom. The minimum absolute atomic E-state index is 0.0758. The van der Waals surface area contributed by atoms with E-state index in [0.717, 1.165) is 0 Å². The Kier molecular flexibility index (Phi) is 8.15. The molecule has 5 heterocycles. The summed E-state index contributed by atoms with van der Waals surface area (Å²) in [6.07, 6.45) is 8.05. The van der Waals surface area contributed by atoms with Crippen molar-refractivity contribution in [3.8, 4) is 6.07 Å². The summed E-state index contributed by atoms with van der Waals surface area (Å²) in [5.41, 5.74) is 0.882. The van der Waals surface area contributed by atoms with Crippen molar-refractivity contribution in [3.63, 3.8) is 0 Å². The van der Waals surface area contributed by atoms with Gasteiger partial charge >= 0.3 is 0 Å². The van der Waals surface area contributed by atoms with Crippen molar-refractivity contribution >= 4 is 21.9 Å². The summed E-state index contributed by atoms with van der Waals surface area (Å²) in [4.78, 5) is 43.1. The number of aromatic nitrogens is 2. The number of piperazine rings is 1. The Bertz CT molecular complexity index is 1840. The van der Waals surface area contributed by atoms with Crippen molar-refractivity contribution in [1.82, 2.24) is 33.3 Å². The van der Waals surface area contributed by atoms with Crippen LogP contribution in [-0.2, 0) is 20.5 Å². The van der Waals surface area contributed by atoms with Gasteiger partial charge in [-0.1, -0.05) is 0 Å². The van der Waals surface area contributed by atoms with Crippen molar-refractivity contribution in [2.45, 2.75) is 31.5 Å². The van der Waals surface area contributed by atoms with Gasteiger partial charge in [0, 0.05) is 107 Å². The number of carbonyl (C=O) groups is 2. The molecular weight excluding hydrogens is 629 g/mol. The highest BCUT2D eigenvalue weighted by Gasteiger charge is 2.68. The minimum atomic E-state index is -3.65. The van der Waals surface area contributed by atoms with E-state index in [0.29, 0.717) is 73.4 Å². The van der Waals surface area contributed by atoms with Gasteiger partial charge in [0.15, 0.2) is 11.3 Å². The molecule has 0 spiro atoms. The Hall–Kier alpha value is -4.48. The maximum Gasteiger partial charge on any atom is 0.282 e. The predicted molar refractivity (Wildman–Crippen MR) is 177 cm³/mol. The highest BCUT2D eigenvalue weighted by atomic mass is 32.2. The minimum Gasteiger partial charge on any atom is -0.339 e. The second-order valence-electron chi connectivity index (χ2n) is 13.1. The number of hydrogen-bond donors (Lipinski definition) is 0. The van der Waals surface area contributed by atoms with Gasteiger partial charge in [0.25, 0.3) is 16.1 Å². The molecule has 0 radical (unpaired) electrons. The van der Waals surface area contributed by atoms with Crippen LogP contribution >= 0.6 is 0 Å². The summed E-state index contributed by atoms with van der Waals surface area (Å²) in [6.45, 7) is 7.16. The first-order valence-electron chi connectivity index (χ1n) is 16.2. The fourth-order valence-corrected chi connectivity index (χ4v) is 9.42. The number of piperidine rings is 1. The Labute approximate surface area is 281 Å². The maximum atomic E-state index is 15.1. The van der Waals surface area contributed by atoms with Crippen molar-refractivity contribution in [3.05, 3.63) is 107 Å². The number of allylic oxidation sites excluding steroid dienone is 1. The van der Waals surface area contributed by atoms with Crippen molar-refractivity contribution in [2.24, 2.45) is 11.8 Å². The van der Waals surface area contributed by atoms with E-state index in [1.807, 2.05) is 11.9 Å². The van der Waals surface area contributed by atoms with Crippen LogP contribution in [0, 0.1) is 23.2 Å².